The van der Waals surface area contributed by atoms with Crippen LogP contribution in [0.4, 0.5) is 0 Å². The number of carbonyl (C=O) groups is 1. The van der Waals surface area contributed by atoms with Gasteiger partial charge in [0.1, 0.15) is 12.2 Å². The largest absolute Gasteiger partial charge is 0.346 e. The van der Waals surface area contributed by atoms with E-state index in [0.29, 0.717) is 6.54 Å². The summed E-state index contributed by atoms with van der Waals surface area (Å²) in [6, 6.07) is 4.87. The normalized spacial score (nSPS) is 12.4. The zero-order valence-electron chi connectivity index (χ0n) is 14.0. The molecule has 2 heterocycles. The predicted octanol–water partition coefficient (Wildman–Crippen LogP) is 1.19. The summed E-state index contributed by atoms with van der Waals surface area (Å²) >= 11 is 0. The van der Waals surface area contributed by atoms with Gasteiger partial charge >= 0.3 is 0 Å². The number of nitrogens with one attached hydrogen (secondary N) is 1. The van der Waals surface area contributed by atoms with Crippen molar-refractivity contribution in [1.82, 2.24) is 24.6 Å². The molecule has 0 aliphatic heterocycles. The summed E-state index contributed by atoms with van der Waals surface area (Å²) in [5, 5.41) is 7.04. The van der Waals surface area contributed by atoms with Crippen molar-refractivity contribution < 1.29 is 4.79 Å². The van der Waals surface area contributed by atoms with Gasteiger partial charge in [-0.3, -0.25) is 14.3 Å². The van der Waals surface area contributed by atoms with Crippen LogP contribution < -0.4 is 10.9 Å². The Bertz CT molecular complexity index is 732. The maximum Gasteiger partial charge on any atom is 0.250 e. The number of amides is 1. The average molecular weight is 317 g/mol. The van der Waals surface area contributed by atoms with Gasteiger partial charge in [-0.2, -0.15) is 5.10 Å². The van der Waals surface area contributed by atoms with E-state index in [0.717, 1.165) is 11.5 Å². The van der Waals surface area contributed by atoms with Crippen LogP contribution >= 0.6 is 0 Å². The van der Waals surface area contributed by atoms with Crippen molar-refractivity contribution in [2.75, 3.05) is 0 Å². The van der Waals surface area contributed by atoms with Crippen LogP contribution in [-0.4, -0.2) is 25.2 Å². The van der Waals surface area contributed by atoms with Crippen LogP contribution in [-0.2, 0) is 18.4 Å². The van der Waals surface area contributed by atoms with Gasteiger partial charge in [-0.1, -0.05) is 19.9 Å². The van der Waals surface area contributed by atoms with E-state index in [1.807, 2.05) is 26.8 Å². The highest BCUT2D eigenvalue weighted by Crippen LogP contribution is 2.18. The molecule has 0 spiro atoms. The third kappa shape index (κ3) is 4.06. The van der Waals surface area contributed by atoms with E-state index in [2.05, 4.69) is 15.4 Å². The molecule has 2 rings (SSSR count). The van der Waals surface area contributed by atoms with Crippen LogP contribution in [0.15, 0.2) is 29.3 Å². The first kappa shape index (κ1) is 16.9. The molecule has 2 aromatic rings. The lowest BCUT2D eigenvalue weighted by Crippen LogP contribution is -2.34. The minimum Gasteiger partial charge on any atom is -0.346 e. The Morgan fingerprint density at radius 1 is 1.35 bits per heavy atom. The first-order valence-electron chi connectivity index (χ1n) is 7.70. The molecule has 0 unspecified atom stereocenters. The van der Waals surface area contributed by atoms with Gasteiger partial charge in [-0.05, 0) is 18.9 Å². The Kier molecular flexibility index (Phi) is 5.31. The lowest BCUT2D eigenvalue weighted by Gasteiger charge is -2.21. The van der Waals surface area contributed by atoms with E-state index < -0.39 is 0 Å². The molecule has 0 aliphatic rings. The maximum absolute atomic E-state index is 12.3. The van der Waals surface area contributed by atoms with Crippen molar-refractivity contribution in [2.45, 2.75) is 39.8 Å². The number of rotatable bonds is 6. The van der Waals surface area contributed by atoms with E-state index in [9.17, 15) is 9.59 Å². The minimum absolute atomic E-state index is 0.0912. The molecule has 0 bridgehead atoms. The summed E-state index contributed by atoms with van der Waals surface area (Å²) < 4.78 is 3.27. The van der Waals surface area contributed by atoms with Crippen LogP contribution in [0.2, 0.25) is 0 Å². The molecule has 0 aromatic carbocycles. The number of aromatic nitrogens is 4. The van der Waals surface area contributed by atoms with E-state index in [1.54, 1.807) is 22.4 Å². The number of pyridine rings is 1. The summed E-state index contributed by atoms with van der Waals surface area (Å²) in [6.07, 6.45) is 1.72. The van der Waals surface area contributed by atoms with Crippen LogP contribution in [0.3, 0.4) is 0 Å². The van der Waals surface area contributed by atoms with Gasteiger partial charge in [-0.15, -0.1) is 0 Å². The van der Waals surface area contributed by atoms with Crippen LogP contribution in [0.25, 0.3) is 0 Å². The lowest BCUT2D eigenvalue weighted by molar-refractivity contribution is -0.122. The number of aryl methyl sites for hydroxylation is 2. The van der Waals surface area contributed by atoms with Crippen molar-refractivity contribution in [1.29, 1.82) is 0 Å². The molecular weight excluding hydrogens is 294 g/mol. The molecule has 0 saturated heterocycles. The molecule has 124 valence electrons. The Hall–Kier alpha value is -2.44. The summed E-state index contributed by atoms with van der Waals surface area (Å²) in [4.78, 5) is 28.3. The fourth-order valence-electron chi connectivity index (χ4n) is 2.49. The first-order chi connectivity index (χ1) is 10.9. The Labute approximate surface area is 135 Å². The van der Waals surface area contributed by atoms with Crippen LogP contribution in [0.1, 0.15) is 37.8 Å². The Morgan fingerprint density at radius 3 is 2.65 bits per heavy atom. The van der Waals surface area contributed by atoms with Crippen molar-refractivity contribution in [2.24, 2.45) is 13.0 Å². The van der Waals surface area contributed by atoms with Crippen LogP contribution in [0.5, 0.6) is 0 Å². The molecule has 0 aliphatic carbocycles. The van der Waals surface area contributed by atoms with Gasteiger partial charge < -0.3 is 9.88 Å². The smallest absolute Gasteiger partial charge is 0.250 e. The predicted molar refractivity (Wildman–Crippen MR) is 86.8 cm³/mol. The zero-order chi connectivity index (χ0) is 17.0. The molecule has 7 heteroatoms. The molecule has 0 fully saturated rings. The van der Waals surface area contributed by atoms with Gasteiger partial charge in [0.25, 0.3) is 5.56 Å². The zero-order valence-corrected chi connectivity index (χ0v) is 14.0. The second kappa shape index (κ2) is 7.21. The Balaban J connectivity index is 2.03. The summed E-state index contributed by atoms with van der Waals surface area (Å²) in [7, 11) is 1.80. The standard InChI is InChI=1S/C16H23N5O2/c1-11(2)15(16-17-10-18-20(16)4)19-13(22)8-9-21-12(3)6-5-7-14(21)23/h5-7,10-11,15H,8-9H2,1-4H3,(H,19,22)/t15-/m1/s1. The van der Waals surface area contributed by atoms with Crippen molar-refractivity contribution in [3.05, 3.63) is 46.4 Å². The summed E-state index contributed by atoms with van der Waals surface area (Å²) in [5.74, 6) is 0.797. The summed E-state index contributed by atoms with van der Waals surface area (Å²) in [5.41, 5.74) is 0.755. The highest BCUT2D eigenvalue weighted by molar-refractivity contribution is 5.76. The monoisotopic (exact) mass is 317 g/mol. The topological polar surface area (TPSA) is 81.8 Å². The molecule has 0 radical (unpaired) electrons. The second-order valence-electron chi connectivity index (χ2n) is 5.94. The van der Waals surface area contributed by atoms with Gasteiger partial charge in [0.05, 0.1) is 6.04 Å². The van der Waals surface area contributed by atoms with Gasteiger partial charge in [0.15, 0.2) is 0 Å². The number of carbonyl (C=O) groups excluding carboxylic acids is 1. The molecule has 1 N–H and O–H groups in total. The number of hydrogen-bond donors (Lipinski definition) is 1. The molecule has 0 saturated carbocycles. The molecule has 23 heavy (non-hydrogen) atoms. The fraction of sp³-hybridized carbons (Fsp3) is 0.500. The number of hydrogen-bond acceptors (Lipinski definition) is 4. The second-order valence-corrected chi connectivity index (χ2v) is 5.94. The fourth-order valence-corrected chi connectivity index (χ4v) is 2.49. The quantitative estimate of drug-likeness (QED) is 0.867. The average Bonchev–Trinajstić information content (AvgIpc) is 2.90. The van der Waals surface area contributed by atoms with Crippen molar-refractivity contribution >= 4 is 5.91 Å². The van der Waals surface area contributed by atoms with E-state index >= 15 is 0 Å². The van der Waals surface area contributed by atoms with Crippen molar-refractivity contribution in [3.8, 4) is 0 Å². The third-order valence-electron chi connectivity index (χ3n) is 3.84. The van der Waals surface area contributed by atoms with Crippen LogP contribution in [0, 0.1) is 12.8 Å². The van der Waals surface area contributed by atoms with Gasteiger partial charge in [0, 0.05) is 31.8 Å². The van der Waals surface area contributed by atoms with Crippen molar-refractivity contribution in [3.63, 3.8) is 0 Å². The molecule has 1 atom stereocenters. The summed E-state index contributed by atoms with van der Waals surface area (Å²) in [6.45, 7) is 6.26. The highest BCUT2D eigenvalue weighted by Gasteiger charge is 2.22. The maximum atomic E-state index is 12.3. The molecule has 2 aromatic heterocycles. The minimum atomic E-state index is -0.205. The molecule has 7 nitrogen and oxygen atoms in total. The first-order valence-corrected chi connectivity index (χ1v) is 7.70. The third-order valence-corrected chi connectivity index (χ3v) is 3.84. The van der Waals surface area contributed by atoms with E-state index in [-0.39, 0.29) is 29.8 Å². The van der Waals surface area contributed by atoms with Gasteiger partial charge in [0.2, 0.25) is 5.91 Å². The number of nitrogens with zero attached hydrogens (tertiary/aromatic N) is 4. The van der Waals surface area contributed by atoms with Gasteiger partial charge in [-0.25, -0.2) is 4.98 Å². The molecule has 1 amide bonds. The Morgan fingerprint density at radius 2 is 2.09 bits per heavy atom. The SMILES string of the molecule is Cc1cccc(=O)n1CCC(=O)N[C@@H](c1ncnn1C)C(C)C. The van der Waals surface area contributed by atoms with E-state index in [4.69, 9.17) is 0 Å². The van der Waals surface area contributed by atoms with E-state index in [1.165, 1.54) is 12.4 Å². The lowest BCUT2D eigenvalue weighted by atomic mass is 10.0. The highest BCUT2D eigenvalue weighted by atomic mass is 16.2. The molecular formula is C16H23N5O2.